The Morgan fingerprint density at radius 2 is 1.43 bits per heavy atom. The van der Waals surface area contributed by atoms with Gasteiger partial charge in [-0.1, -0.05) is 13.3 Å². The van der Waals surface area contributed by atoms with Gasteiger partial charge >= 0.3 is 0 Å². The number of rotatable bonds is 6. The predicted octanol–water partition coefficient (Wildman–Crippen LogP) is 0.786. The zero-order valence-electron chi connectivity index (χ0n) is 9.41. The summed E-state index contributed by atoms with van der Waals surface area (Å²) in [5, 5.41) is 8.73. The number of nitrogens with zero attached hydrogens (tertiary/aromatic N) is 2. The molecule has 84 valence electrons. The molecule has 0 unspecified atom stereocenters. The molecule has 0 amide bonds. The summed E-state index contributed by atoms with van der Waals surface area (Å²) in [5.41, 5.74) is 0. The van der Waals surface area contributed by atoms with Crippen LogP contribution in [0.4, 0.5) is 0 Å². The lowest BCUT2D eigenvalue weighted by Gasteiger charge is -2.34. The van der Waals surface area contributed by atoms with Gasteiger partial charge in [0.25, 0.3) is 0 Å². The molecular formula is C11H24N2O. The quantitative estimate of drug-likeness (QED) is 0.686. The SMILES string of the molecule is CCCCN1CCN(CCCO)CC1. The Kier molecular flexibility index (Phi) is 6.15. The Hall–Kier alpha value is -0.120. The Balaban J connectivity index is 2.05. The summed E-state index contributed by atoms with van der Waals surface area (Å²) in [5.74, 6) is 0. The molecule has 3 nitrogen and oxygen atoms in total. The number of aliphatic hydroxyl groups excluding tert-OH is 1. The minimum atomic E-state index is 0.329. The van der Waals surface area contributed by atoms with Crippen molar-refractivity contribution in [1.82, 2.24) is 9.80 Å². The lowest BCUT2D eigenvalue weighted by molar-refractivity contribution is 0.123. The topological polar surface area (TPSA) is 26.7 Å². The summed E-state index contributed by atoms with van der Waals surface area (Å²) in [6, 6.07) is 0. The first kappa shape index (κ1) is 12.0. The maximum atomic E-state index is 8.73. The molecule has 0 aromatic heterocycles. The van der Waals surface area contributed by atoms with Crippen LogP contribution >= 0.6 is 0 Å². The molecular weight excluding hydrogens is 176 g/mol. The lowest BCUT2D eigenvalue weighted by atomic mass is 10.2. The first-order chi connectivity index (χ1) is 6.86. The summed E-state index contributed by atoms with van der Waals surface area (Å²) in [6.45, 7) is 9.71. The summed E-state index contributed by atoms with van der Waals surface area (Å²) in [4.78, 5) is 5.01. The van der Waals surface area contributed by atoms with Gasteiger partial charge in [-0.2, -0.15) is 0 Å². The van der Waals surface area contributed by atoms with Gasteiger partial charge in [-0.15, -0.1) is 0 Å². The fourth-order valence-electron chi connectivity index (χ4n) is 1.91. The van der Waals surface area contributed by atoms with Crippen molar-refractivity contribution in [2.75, 3.05) is 45.9 Å². The molecule has 1 saturated heterocycles. The number of hydrogen-bond acceptors (Lipinski definition) is 3. The van der Waals surface area contributed by atoms with Gasteiger partial charge < -0.3 is 14.9 Å². The third kappa shape index (κ3) is 4.40. The van der Waals surface area contributed by atoms with E-state index in [2.05, 4.69) is 16.7 Å². The highest BCUT2D eigenvalue weighted by Crippen LogP contribution is 2.03. The third-order valence-electron chi connectivity index (χ3n) is 2.93. The van der Waals surface area contributed by atoms with E-state index in [0.717, 1.165) is 13.0 Å². The molecule has 1 rings (SSSR count). The van der Waals surface area contributed by atoms with Crippen LogP contribution in [0.2, 0.25) is 0 Å². The zero-order valence-corrected chi connectivity index (χ0v) is 9.41. The lowest BCUT2D eigenvalue weighted by Crippen LogP contribution is -2.46. The average molecular weight is 200 g/mol. The van der Waals surface area contributed by atoms with Crippen molar-refractivity contribution < 1.29 is 5.11 Å². The largest absolute Gasteiger partial charge is 0.396 e. The van der Waals surface area contributed by atoms with E-state index < -0.39 is 0 Å². The van der Waals surface area contributed by atoms with Gasteiger partial charge in [-0.3, -0.25) is 0 Å². The zero-order chi connectivity index (χ0) is 10.2. The van der Waals surface area contributed by atoms with Crippen LogP contribution in [0.1, 0.15) is 26.2 Å². The van der Waals surface area contributed by atoms with Crippen molar-refractivity contribution in [1.29, 1.82) is 0 Å². The first-order valence-electron chi connectivity index (χ1n) is 5.92. The molecule has 0 aromatic carbocycles. The molecule has 0 bridgehead atoms. The monoisotopic (exact) mass is 200 g/mol. The van der Waals surface area contributed by atoms with Crippen LogP contribution in [0.5, 0.6) is 0 Å². The van der Waals surface area contributed by atoms with Crippen molar-refractivity contribution >= 4 is 0 Å². The Morgan fingerprint density at radius 1 is 0.929 bits per heavy atom. The summed E-state index contributed by atoms with van der Waals surface area (Å²) < 4.78 is 0. The molecule has 0 spiro atoms. The highest BCUT2D eigenvalue weighted by atomic mass is 16.3. The molecule has 0 radical (unpaired) electrons. The van der Waals surface area contributed by atoms with Gasteiger partial charge in [0.15, 0.2) is 0 Å². The first-order valence-corrected chi connectivity index (χ1v) is 5.92. The molecule has 1 fully saturated rings. The van der Waals surface area contributed by atoms with Crippen molar-refractivity contribution in [3.63, 3.8) is 0 Å². The molecule has 0 atom stereocenters. The van der Waals surface area contributed by atoms with E-state index >= 15 is 0 Å². The molecule has 0 aromatic rings. The van der Waals surface area contributed by atoms with Gasteiger partial charge in [0.2, 0.25) is 0 Å². The standard InChI is InChI=1S/C11H24N2O/c1-2-3-5-12-7-9-13(10-8-12)6-4-11-14/h14H,2-11H2,1H3. The average Bonchev–Trinajstić information content (AvgIpc) is 2.25. The smallest absolute Gasteiger partial charge is 0.0443 e. The third-order valence-corrected chi connectivity index (χ3v) is 2.93. The minimum Gasteiger partial charge on any atom is -0.396 e. The molecule has 14 heavy (non-hydrogen) atoms. The van der Waals surface area contributed by atoms with E-state index in [0.29, 0.717) is 6.61 Å². The fourth-order valence-corrected chi connectivity index (χ4v) is 1.91. The van der Waals surface area contributed by atoms with Crippen molar-refractivity contribution in [2.24, 2.45) is 0 Å². The van der Waals surface area contributed by atoms with Gasteiger partial charge in [0.05, 0.1) is 0 Å². The van der Waals surface area contributed by atoms with E-state index in [1.54, 1.807) is 0 Å². The number of aliphatic hydroxyl groups is 1. The molecule has 1 aliphatic heterocycles. The molecule has 3 heteroatoms. The Bertz CT molecular complexity index is 117. The highest BCUT2D eigenvalue weighted by Gasteiger charge is 2.15. The molecule has 1 aliphatic rings. The van der Waals surface area contributed by atoms with Crippen LogP contribution in [0.25, 0.3) is 0 Å². The maximum Gasteiger partial charge on any atom is 0.0443 e. The van der Waals surface area contributed by atoms with Gasteiger partial charge in [0, 0.05) is 39.3 Å². The molecule has 1 heterocycles. The van der Waals surface area contributed by atoms with Crippen molar-refractivity contribution in [3.8, 4) is 0 Å². The second-order valence-corrected chi connectivity index (χ2v) is 4.11. The Labute approximate surface area is 87.7 Å². The van der Waals surface area contributed by atoms with Gasteiger partial charge in [0.1, 0.15) is 0 Å². The number of piperazine rings is 1. The summed E-state index contributed by atoms with van der Waals surface area (Å²) in [6.07, 6.45) is 3.55. The van der Waals surface area contributed by atoms with Crippen LogP contribution in [-0.2, 0) is 0 Å². The van der Waals surface area contributed by atoms with Crippen LogP contribution in [0, 0.1) is 0 Å². The number of hydrogen-bond donors (Lipinski definition) is 1. The predicted molar refractivity (Wildman–Crippen MR) is 59.5 cm³/mol. The summed E-state index contributed by atoms with van der Waals surface area (Å²) >= 11 is 0. The van der Waals surface area contributed by atoms with E-state index in [9.17, 15) is 0 Å². The highest BCUT2D eigenvalue weighted by molar-refractivity contribution is 4.71. The second kappa shape index (κ2) is 7.21. The second-order valence-electron chi connectivity index (χ2n) is 4.11. The van der Waals surface area contributed by atoms with Crippen LogP contribution in [0.15, 0.2) is 0 Å². The van der Waals surface area contributed by atoms with Crippen molar-refractivity contribution in [2.45, 2.75) is 26.2 Å². The van der Waals surface area contributed by atoms with Crippen LogP contribution in [-0.4, -0.2) is 60.8 Å². The van der Waals surface area contributed by atoms with E-state index in [-0.39, 0.29) is 0 Å². The van der Waals surface area contributed by atoms with Gasteiger partial charge in [-0.25, -0.2) is 0 Å². The summed E-state index contributed by atoms with van der Waals surface area (Å²) in [7, 11) is 0. The molecule has 0 aliphatic carbocycles. The normalized spacial score (nSPS) is 20.1. The molecule has 0 saturated carbocycles. The van der Waals surface area contributed by atoms with Crippen LogP contribution in [0.3, 0.4) is 0 Å². The maximum absolute atomic E-state index is 8.73. The fraction of sp³-hybridized carbons (Fsp3) is 1.00. The molecule has 1 N–H and O–H groups in total. The van der Waals surface area contributed by atoms with Crippen LogP contribution < -0.4 is 0 Å². The van der Waals surface area contributed by atoms with Gasteiger partial charge in [-0.05, 0) is 19.4 Å². The Morgan fingerprint density at radius 3 is 1.86 bits per heavy atom. The van der Waals surface area contributed by atoms with E-state index in [4.69, 9.17) is 5.11 Å². The van der Waals surface area contributed by atoms with Crippen molar-refractivity contribution in [3.05, 3.63) is 0 Å². The van der Waals surface area contributed by atoms with E-state index in [1.807, 2.05) is 0 Å². The van der Waals surface area contributed by atoms with E-state index in [1.165, 1.54) is 45.6 Å². The number of unbranched alkanes of at least 4 members (excludes halogenated alkanes) is 1. The minimum absolute atomic E-state index is 0.329.